The number of carbonyl (C=O) groups is 1. The van der Waals surface area contributed by atoms with Crippen LogP contribution in [0.15, 0.2) is 30.5 Å². The predicted molar refractivity (Wildman–Crippen MR) is 115 cm³/mol. The summed E-state index contributed by atoms with van der Waals surface area (Å²) in [7, 11) is 0. The second-order valence-electron chi connectivity index (χ2n) is 7.72. The minimum Gasteiger partial charge on any atom is -0.462 e. The molecule has 0 fully saturated rings. The molecule has 0 aromatic heterocycles. The molecule has 0 spiro atoms. The van der Waals surface area contributed by atoms with Gasteiger partial charge in [0, 0.05) is 22.9 Å². The van der Waals surface area contributed by atoms with Crippen LogP contribution in [0.1, 0.15) is 45.1 Å². The van der Waals surface area contributed by atoms with Crippen molar-refractivity contribution in [2.24, 2.45) is 11.6 Å². The largest absolute Gasteiger partial charge is 0.462 e. The summed E-state index contributed by atoms with van der Waals surface area (Å²) in [5.74, 6) is 0.497. The Labute approximate surface area is 195 Å². The van der Waals surface area contributed by atoms with E-state index in [9.17, 15) is 31.1 Å². The first kappa shape index (κ1) is 25.7. The number of alkyl halides is 6. The maximum absolute atomic E-state index is 14.5. The summed E-state index contributed by atoms with van der Waals surface area (Å²) < 4.78 is 87.7. The molecule has 184 valence electrons. The molecule has 2 aromatic rings. The molecule has 1 aliphatic rings. The molecule has 34 heavy (non-hydrogen) atoms. The molecular weight excluding hydrogens is 488 g/mol. The molecule has 1 aliphatic carbocycles. The van der Waals surface area contributed by atoms with E-state index in [0.29, 0.717) is 6.07 Å². The highest BCUT2D eigenvalue weighted by Gasteiger charge is 2.80. The Kier molecular flexibility index (Phi) is 6.34. The molecule has 12 heteroatoms. The van der Waals surface area contributed by atoms with Crippen LogP contribution < -0.4 is 16.6 Å². The SMILES string of the molecule is CCOC(=O)c1cc(N(N)/C=C(\N)c2c(C)cc3c(c2C)C(F)(F)C3(F)C(F)(F)F)ccc1Cl. The molecule has 3 rings (SSSR count). The first-order chi connectivity index (χ1) is 15.6. The van der Waals surface area contributed by atoms with Gasteiger partial charge < -0.3 is 10.5 Å². The van der Waals surface area contributed by atoms with Gasteiger partial charge in [0.2, 0.25) is 0 Å². The topological polar surface area (TPSA) is 81.6 Å². The number of rotatable bonds is 5. The lowest BCUT2D eigenvalue weighted by molar-refractivity contribution is -0.333. The Hall–Kier alpha value is -2.92. The Morgan fingerprint density at radius 2 is 1.82 bits per heavy atom. The van der Waals surface area contributed by atoms with Gasteiger partial charge in [0.1, 0.15) is 0 Å². The number of ether oxygens (including phenoxy) is 1. The standard InChI is InChI=1S/C22H20ClF6N3O2/c1-4-34-19(33)13-8-12(5-6-15(13)23)32(31)9-16(30)17-10(2)7-14-18(11(17)3)21(25,26)20(14,24)22(27,28)29/h5-9H,4,30-31H2,1-3H3/b16-9-. The fourth-order valence-corrected chi connectivity index (χ4v) is 4.24. The number of halogens is 7. The van der Waals surface area contributed by atoms with Crippen molar-refractivity contribution in [3.8, 4) is 0 Å². The maximum atomic E-state index is 14.5. The third-order valence-electron chi connectivity index (χ3n) is 5.59. The number of fused-ring (bicyclic) bond motifs is 1. The van der Waals surface area contributed by atoms with Crippen molar-refractivity contribution in [3.63, 3.8) is 0 Å². The number of hydrazine groups is 1. The third kappa shape index (κ3) is 3.67. The highest BCUT2D eigenvalue weighted by molar-refractivity contribution is 6.33. The number of hydrogen-bond acceptors (Lipinski definition) is 5. The van der Waals surface area contributed by atoms with Crippen LogP contribution in [0.2, 0.25) is 5.02 Å². The van der Waals surface area contributed by atoms with Gasteiger partial charge in [-0.3, -0.25) is 5.01 Å². The summed E-state index contributed by atoms with van der Waals surface area (Å²) in [6, 6.07) is 4.86. The van der Waals surface area contributed by atoms with E-state index >= 15 is 0 Å². The number of esters is 1. The second-order valence-corrected chi connectivity index (χ2v) is 8.13. The van der Waals surface area contributed by atoms with E-state index in [2.05, 4.69) is 0 Å². The zero-order valence-corrected chi connectivity index (χ0v) is 18.9. The van der Waals surface area contributed by atoms with Crippen LogP contribution in [0, 0.1) is 13.8 Å². The van der Waals surface area contributed by atoms with Crippen molar-refractivity contribution in [1.29, 1.82) is 0 Å². The van der Waals surface area contributed by atoms with Crippen molar-refractivity contribution in [3.05, 3.63) is 68.9 Å². The highest BCUT2D eigenvalue weighted by atomic mass is 35.5. The number of benzene rings is 2. The molecule has 1 atom stereocenters. The van der Waals surface area contributed by atoms with Crippen molar-refractivity contribution < 1.29 is 35.9 Å². The summed E-state index contributed by atoms with van der Waals surface area (Å²) in [5, 5.41) is 1.07. The number of nitrogens with two attached hydrogens (primary N) is 2. The maximum Gasteiger partial charge on any atom is 0.433 e. The lowest BCUT2D eigenvalue weighted by Crippen LogP contribution is -2.59. The van der Waals surface area contributed by atoms with E-state index in [0.717, 1.165) is 18.1 Å². The summed E-state index contributed by atoms with van der Waals surface area (Å²) in [6.45, 7) is 4.17. The van der Waals surface area contributed by atoms with E-state index < -0.39 is 34.9 Å². The fraction of sp³-hybridized carbons (Fsp3) is 0.318. The predicted octanol–water partition coefficient (Wildman–Crippen LogP) is 5.60. The number of nitrogens with zero attached hydrogens (tertiary/aromatic N) is 1. The van der Waals surface area contributed by atoms with Gasteiger partial charge in [0.25, 0.3) is 5.67 Å². The van der Waals surface area contributed by atoms with Gasteiger partial charge in [-0.05, 0) is 50.1 Å². The molecule has 0 amide bonds. The molecule has 0 bridgehead atoms. The van der Waals surface area contributed by atoms with Crippen LogP contribution >= 0.6 is 11.6 Å². The molecule has 5 nitrogen and oxygen atoms in total. The van der Waals surface area contributed by atoms with E-state index in [1.165, 1.54) is 25.1 Å². The van der Waals surface area contributed by atoms with Crippen LogP contribution in [0.25, 0.3) is 5.70 Å². The fourth-order valence-electron chi connectivity index (χ4n) is 4.04. The second kappa shape index (κ2) is 8.38. The Bertz CT molecular complexity index is 1200. The summed E-state index contributed by atoms with van der Waals surface area (Å²) in [6.07, 6.45) is -4.67. The van der Waals surface area contributed by atoms with Crippen LogP contribution in [-0.4, -0.2) is 18.8 Å². The number of hydrogen-bond donors (Lipinski definition) is 2. The van der Waals surface area contributed by atoms with Crippen LogP contribution in [0.3, 0.4) is 0 Å². The molecule has 4 N–H and O–H groups in total. The zero-order chi connectivity index (χ0) is 25.8. The van der Waals surface area contributed by atoms with Gasteiger partial charge in [0.05, 0.1) is 28.6 Å². The number of aryl methyl sites for hydroxylation is 1. The van der Waals surface area contributed by atoms with Gasteiger partial charge in [-0.1, -0.05) is 17.7 Å². The normalized spacial score (nSPS) is 19.3. The molecule has 0 aliphatic heterocycles. The molecule has 0 radical (unpaired) electrons. The van der Waals surface area contributed by atoms with Crippen LogP contribution in [-0.2, 0) is 16.3 Å². The molecular formula is C22H20ClF6N3O2. The molecule has 0 saturated carbocycles. The molecule has 1 unspecified atom stereocenters. The third-order valence-corrected chi connectivity index (χ3v) is 5.92. The Balaban J connectivity index is 2.05. The number of carbonyl (C=O) groups excluding carboxylic acids is 1. The Morgan fingerprint density at radius 3 is 2.38 bits per heavy atom. The quantitative estimate of drug-likeness (QED) is 0.238. The van der Waals surface area contributed by atoms with E-state index in [-0.39, 0.29) is 45.3 Å². The number of anilines is 1. The average Bonchev–Trinajstić information content (AvgIpc) is 2.71. The van der Waals surface area contributed by atoms with Crippen molar-refractivity contribution >= 4 is 29.0 Å². The average molecular weight is 508 g/mol. The lowest BCUT2D eigenvalue weighted by atomic mass is 9.67. The summed E-state index contributed by atoms with van der Waals surface area (Å²) in [5.41, 5.74) is -1.14. The molecule has 2 aromatic carbocycles. The minimum absolute atomic E-state index is 0.0160. The van der Waals surface area contributed by atoms with Gasteiger partial charge in [0.15, 0.2) is 0 Å². The van der Waals surface area contributed by atoms with E-state index in [4.69, 9.17) is 27.9 Å². The Morgan fingerprint density at radius 1 is 1.21 bits per heavy atom. The smallest absolute Gasteiger partial charge is 0.433 e. The van der Waals surface area contributed by atoms with Gasteiger partial charge in [-0.2, -0.15) is 22.0 Å². The monoisotopic (exact) mass is 507 g/mol. The van der Waals surface area contributed by atoms with Gasteiger partial charge >= 0.3 is 18.1 Å². The minimum atomic E-state index is -5.80. The first-order valence-corrected chi connectivity index (χ1v) is 10.2. The van der Waals surface area contributed by atoms with Crippen molar-refractivity contribution in [1.82, 2.24) is 0 Å². The molecule has 0 saturated heterocycles. The first-order valence-electron chi connectivity index (χ1n) is 9.86. The molecule has 0 heterocycles. The van der Waals surface area contributed by atoms with E-state index in [1.807, 2.05) is 0 Å². The summed E-state index contributed by atoms with van der Waals surface area (Å²) >= 11 is 6.01. The summed E-state index contributed by atoms with van der Waals surface area (Å²) in [4.78, 5) is 12.0. The zero-order valence-electron chi connectivity index (χ0n) is 18.2. The van der Waals surface area contributed by atoms with Gasteiger partial charge in [-0.15, -0.1) is 0 Å². The van der Waals surface area contributed by atoms with Crippen LogP contribution in [0.5, 0.6) is 0 Å². The van der Waals surface area contributed by atoms with Gasteiger partial charge in [-0.25, -0.2) is 15.0 Å². The van der Waals surface area contributed by atoms with Crippen molar-refractivity contribution in [2.75, 3.05) is 11.6 Å². The highest BCUT2D eigenvalue weighted by Crippen LogP contribution is 2.67. The van der Waals surface area contributed by atoms with E-state index in [1.54, 1.807) is 6.92 Å². The van der Waals surface area contributed by atoms with Crippen LogP contribution in [0.4, 0.5) is 32.0 Å². The van der Waals surface area contributed by atoms with Crippen molar-refractivity contribution in [2.45, 2.75) is 38.5 Å². The lowest BCUT2D eigenvalue weighted by Gasteiger charge is -2.46.